The topological polar surface area (TPSA) is 17.1 Å². The minimum absolute atomic E-state index is 0.219. The number of rotatable bonds is 2. The lowest BCUT2D eigenvalue weighted by Crippen LogP contribution is -2.36. The molecular weight excluding hydrogens is 220 g/mol. The summed E-state index contributed by atoms with van der Waals surface area (Å²) in [7, 11) is 0. The molecule has 0 unspecified atom stereocenters. The van der Waals surface area contributed by atoms with Crippen molar-refractivity contribution in [1.82, 2.24) is 0 Å². The van der Waals surface area contributed by atoms with Crippen LogP contribution in [0.3, 0.4) is 0 Å². The molecule has 0 N–H and O–H groups in total. The van der Waals surface area contributed by atoms with Gasteiger partial charge in [-0.15, -0.1) is 0 Å². The van der Waals surface area contributed by atoms with E-state index in [1.807, 2.05) is 18.2 Å². The van der Waals surface area contributed by atoms with Gasteiger partial charge in [-0.05, 0) is 42.6 Å². The maximum atomic E-state index is 11.6. The molecule has 0 aromatic heterocycles. The summed E-state index contributed by atoms with van der Waals surface area (Å²) in [4.78, 5) is 11.6. The van der Waals surface area contributed by atoms with Gasteiger partial charge in [0.15, 0.2) is 0 Å². The van der Waals surface area contributed by atoms with Crippen LogP contribution in [0.15, 0.2) is 30.3 Å². The highest BCUT2D eigenvalue weighted by molar-refractivity contribution is 5.68. The summed E-state index contributed by atoms with van der Waals surface area (Å²) in [6, 6.07) is 10.3. The lowest BCUT2D eigenvalue weighted by Gasteiger charge is -2.41. The Bertz CT molecular complexity index is 391. The molecule has 0 heterocycles. The van der Waals surface area contributed by atoms with E-state index < -0.39 is 0 Å². The third kappa shape index (κ3) is 2.50. The summed E-state index contributed by atoms with van der Waals surface area (Å²) in [5.74, 6) is 0.745. The maximum absolute atomic E-state index is 11.6. The molecule has 18 heavy (non-hydrogen) atoms. The van der Waals surface area contributed by atoms with Crippen molar-refractivity contribution in [3.8, 4) is 0 Å². The maximum Gasteiger partial charge on any atom is 0.130 e. The van der Waals surface area contributed by atoms with Gasteiger partial charge in [-0.2, -0.15) is 0 Å². The SMILES string of the molecule is CC(C)(C)C1CCC(C=O)(c2ccccc2)CC1. The van der Waals surface area contributed by atoms with Gasteiger partial charge in [-0.3, -0.25) is 0 Å². The van der Waals surface area contributed by atoms with Gasteiger partial charge in [0.2, 0.25) is 0 Å². The van der Waals surface area contributed by atoms with E-state index in [9.17, 15) is 4.79 Å². The number of aldehydes is 1. The molecule has 1 nitrogen and oxygen atoms in total. The summed E-state index contributed by atoms with van der Waals surface area (Å²) < 4.78 is 0. The number of carbonyl (C=O) groups is 1. The second-order valence-electron chi connectivity index (χ2n) is 6.78. The molecule has 0 radical (unpaired) electrons. The zero-order chi connectivity index (χ0) is 13.2. The van der Waals surface area contributed by atoms with Crippen LogP contribution < -0.4 is 0 Å². The van der Waals surface area contributed by atoms with Gasteiger partial charge in [-0.25, -0.2) is 0 Å². The fourth-order valence-electron chi connectivity index (χ4n) is 3.24. The molecule has 1 aromatic rings. The molecule has 1 aliphatic carbocycles. The zero-order valence-electron chi connectivity index (χ0n) is 11.8. The molecule has 0 spiro atoms. The van der Waals surface area contributed by atoms with Gasteiger partial charge >= 0.3 is 0 Å². The van der Waals surface area contributed by atoms with Crippen LogP contribution in [0.1, 0.15) is 52.0 Å². The number of carbonyl (C=O) groups excluding carboxylic acids is 1. The molecule has 1 fully saturated rings. The second-order valence-corrected chi connectivity index (χ2v) is 6.78. The van der Waals surface area contributed by atoms with E-state index in [1.165, 1.54) is 11.8 Å². The van der Waals surface area contributed by atoms with E-state index in [1.54, 1.807) is 0 Å². The highest BCUT2D eigenvalue weighted by atomic mass is 16.1. The minimum Gasteiger partial charge on any atom is -0.302 e. The summed E-state index contributed by atoms with van der Waals surface area (Å²) in [6.07, 6.45) is 5.53. The quantitative estimate of drug-likeness (QED) is 0.706. The molecule has 0 saturated heterocycles. The van der Waals surface area contributed by atoms with Gasteiger partial charge in [0.05, 0.1) is 5.41 Å². The average Bonchev–Trinajstić information content (AvgIpc) is 2.39. The van der Waals surface area contributed by atoms with E-state index in [-0.39, 0.29) is 5.41 Å². The predicted octanol–water partition coefficient (Wildman–Crippen LogP) is 4.36. The molecule has 1 heteroatoms. The Morgan fingerprint density at radius 1 is 1.11 bits per heavy atom. The Labute approximate surface area is 111 Å². The summed E-state index contributed by atoms with van der Waals surface area (Å²) >= 11 is 0. The second kappa shape index (κ2) is 4.87. The molecule has 0 amide bonds. The summed E-state index contributed by atoms with van der Waals surface area (Å²) in [5.41, 5.74) is 1.35. The largest absolute Gasteiger partial charge is 0.302 e. The molecule has 2 rings (SSSR count). The van der Waals surface area contributed by atoms with Crippen LogP contribution in [0, 0.1) is 11.3 Å². The van der Waals surface area contributed by atoms with Crippen LogP contribution in [0.4, 0.5) is 0 Å². The van der Waals surface area contributed by atoms with Crippen molar-refractivity contribution < 1.29 is 4.79 Å². The van der Waals surface area contributed by atoms with Gasteiger partial charge in [-0.1, -0.05) is 51.1 Å². The van der Waals surface area contributed by atoms with E-state index >= 15 is 0 Å². The monoisotopic (exact) mass is 244 g/mol. The smallest absolute Gasteiger partial charge is 0.130 e. The van der Waals surface area contributed by atoms with E-state index in [2.05, 4.69) is 32.9 Å². The molecular formula is C17H24O. The summed E-state index contributed by atoms with van der Waals surface area (Å²) in [5, 5.41) is 0. The molecule has 0 atom stereocenters. The van der Waals surface area contributed by atoms with E-state index in [4.69, 9.17) is 0 Å². The standard InChI is InChI=1S/C17H24O/c1-16(2,3)14-9-11-17(13-18,12-10-14)15-7-5-4-6-8-15/h4-8,13-14H,9-12H2,1-3H3. The van der Waals surface area contributed by atoms with Crippen LogP contribution in [-0.2, 0) is 10.2 Å². The fraction of sp³-hybridized carbons (Fsp3) is 0.588. The highest BCUT2D eigenvalue weighted by Crippen LogP contribution is 2.45. The Kier molecular flexibility index (Phi) is 3.61. The number of benzene rings is 1. The van der Waals surface area contributed by atoms with Gasteiger partial charge in [0.1, 0.15) is 6.29 Å². The fourth-order valence-corrected chi connectivity index (χ4v) is 3.24. The van der Waals surface area contributed by atoms with Crippen molar-refractivity contribution in [2.75, 3.05) is 0 Å². The Morgan fingerprint density at radius 3 is 2.11 bits per heavy atom. The first-order valence-corrected chi connectivity index (χ1v) is 7.00. The third-order valence-corrected chi connectivity index (χ3v) is 4.68. The zero-order valence-corrected chi connectivity index (χ0v) is 11.8. The highest BCUT2D eigenvalue weighted by Gasteiger charge is 2.39. The average molecular weight is 244 g/mol. The molecule has 1 saturated carbocycles. The van der Waals surface area contributed by atoms with Crippen molar-refractivity contribution in [1.29, 1.82) is 0 Å². The third-order valence-electron chi connectivity index (χ3n) is 4.68. The number of hydrogen-bond acceptors (Lipinski definition) is 1. The molecule has 98 valence electrons. The van der Waals surface area contributed by atoms with Crippen molar-refractivity contribution in [3.05, 3.63) is 35.9 Å². The lowest BCUT2D eigenvalue weighted by atomic mass is 9.62. The van der Waals surface area contributed by atoms with E-state index in [0.717, 1.165) is 31.6 Å². The van der Waals surface area contributed by atoms with Crippen LogP contribution in [0.25, 0.3) is 0 Å². The first-order chi connectivity index (χ1) is 8.48. The molecule has 0 aliphatic heterocycles. The first kappa shape index (κ1) is 13.3. The van der Waals surface area contributed by atoms with Gasteiger partial charge in [0, 0.05) is 0 Å². The van der Waals surface area contributed by atoms with Gasteiger partial charge < -0.3 is 4.79 Å². The van der Waals surface area contributed by atoms with Gasteiger partial charge in [0.25, 0.3) is 0 Å². The van der Waals surface area contributed by atoms with Crippen molar-refractivity contribution in [2.24, 2.45) is 11.3 Å². The molecule has 0 bridgehead atoms. The molecule has 1 aliphatic rings. The van der Waals surface area contributed by atoms with E-state index in [0.29, 0.717) is 5.41 Å². The first-order valence-electron chi connectivity index (χ1n) is 7.00. The van der Waals surface area contributed by atoms with Crippen LogP contribution >= 0.6 is 0 Å². The van der Waals surface area contributed by atoms with Crippen LogP contribution in [-0.4, -0.2) is 6.29 Å². The lowest BCUT2D eigenvalue weighted by molar-refractivity contribution is -0.114. The normalized spacial score (nSPS) is 28.9. The van der Waals surface area contributed by atoms with Crippen LogP contribution in [0.5, 0.6) is 0 Å². The summed E-state index contributed by atoms with van der Waals surface area (Å²) in [6.45, 7) is 6.94. The van der Waals surface area contributed by atoms with Crippen LogP contribution in [0.2, 0.25) is 0 Å². The number of hydrogen-bond donors (Lipinski definition) is 0. The Balaban J connectivity index is 2.17. The van der Waals surface area contributed by atoms with Crippen molar-refractivity contribution >= 4 is 6.29 Å². The molecule has 1 aromatic carbocycles. The minimum atomic E-state index is -0.219. The predicted molar refractivity (Wildman–Crippen MR) is 75.6 cm³/mol. The van der Waals surface area contributed by atoms with Crippen molar-refractivity contribution in [3.63, 3.8) is 0 Å². The Morgan fingerprint density at radius 2 is 1.67 bits per heavy atom. The Hall–Kier alpha value is -1.11. The van der Waals surface area contributed by atoms with Crippen molar-refractivity contribution in [2.45, 2.75) is 51.9 Å².